The number of nitrogens with two attached hydrogens (primary N) is 2. The van der Waals surface area contributed by atoms with E-state index < -0.39 is 12.1 Å². The quantitative estimate of drug-likeness (QED) is 0.792. The van der Waals surface area contributed by atoms with E-state index in [1.54, 1.807) is 0 Å². The van der Waals surface area contributed by atoms with E-state index in [0.717, 1.165) is 0 Å². The SMILES string of the molecule is Nc1cnc(C(F)F)c(N)c1CBr. The Morgan fingerprint density at radius 1 is 1.46 bits per heavy atom. The first kappa shape index (κ1) is 10.2. The highest BCUT2D eigenvalue weighted by Gasteiger charge is 2.16. The molecule has 0 unspecified atom stereocenters. The fraction of sp³-hybridized carbons (Fsp3) is 0.286. The highest BCUT2D eigenvalue weighted by molar-refractivity contribution is 9.08. The maximum Gasteiger partial charge on any atom is 0.282 e. The molecule has 0 amide bonds. The van der Waals surface area contributed by atoms with E-state index in [0.29, 0.717) is 16.6 Å². The van der Waals surface area contributed by atoms with Gasteiger partial charge in [-0.2, -0.15) is 0 Å². The molecule has 6 heteroatoms. The van der Waals surface area contributed by atoms with Gasteiger partial charge in [-0.05, 0) is 0 Å². The zero-order valence-corrected chi connectivity index (χ0v) is 8.18. The maximum absolute atomic E-state index is 12.3. The lowest BCUT2D eigenvalue weighted by Crippen LogP contribution is -2.05. The van der Waals surface area contributed by atoms with Crippen molar-refractivity contribution < 1.29 is 8.78 Å². The largest absolute Gasteiger partial charge is 0.397 e. The third kappa shape index (κ3) is 1.88. The molecule has 72 valence electrons. The molecule has 0 fully saturated rings. The highest BCUT2D eigenvalue weighted by Crippen LogP contribution is 2.29. The van der Waals surface area contributed by atoms with Crippen molar-refractivity contribution in [2.24, 2.45) is 0 Å². The van der Waals surface area contributed by atoms with Crippen molar-refractivity contribution >= 4 is 27.3 Å². The minimum Gasteiger partial charge on any atom is -0.397 e. The topological polar surface area (TPSA) is 64.9 Å². The lowest BCUT2D eigenvalue weighted by Gasteiger charge is -2.09. The van der Waals surface area contributed by atoms with Gasteiger partial charge in [0.1, 0.15) is 5.69 Å². The van der Waals surface area contributed by atoms with E-state index >= 15 is 0 Å². The van der Waals surface area contributed by atoms with Crippen molar-refractivity contribution in [1.29, 1.82) is 0 Å². The molecule has 1 heterocycles. The molecule has 0 radical (unpaired) electrons. The first-order chi connectivity index (χ1) is 6.07. The average Bonchev–Trinajstić information content (AvgIpc) is 2.04. The highest BCUT2D eigenvalue weighted by atomic mass is 79.9. The number of hydrogen-bond acceptors (Lipinski definition) is 3. The number of pyridine rings is 1. The van der Waals surface area contributed by atoms with Crippen molar-refractivity contribution in [3.8, 4) is 0 Å². The van der Waals surface area contributed by atoms with E-state index in [4.69, 9.17) is 11.5 Å². The molecule has 4 N–H and O–H groups in total. The zero-order chi connectivity index (χ0) is 10.0. The molecule has 13 heavy (non-hydrogen) atoms. The Balaban J connectivity index is 3.27. The summed E-state index contributed by atoms with van der Waals surface area (Å²) in [5.41, 5.74) is 11.3. The Morgan fingerprint density at radius 2 is 2.08 bits per heavy atom. The summed E-state index contributed by atoms with van der Waals surface area (Å²) in [6.45, 7) is 0. The Hall–Kier alpha value is -0.910. The Morgan fingerprint density at radius 3 is 2.54 bits per heavy atom. The van der Waals surface area contributed by atoms with Crippen LogP contribution in [0.2, 0.25) is 0 Å². The van der Waals surface area contributed by atoms with Crippen LogP contribution in [-0.2, 0) is 5.33 Å². The Bertz CT molecular complexity index is 317. The summed E-state index contributed by atoms with van der Waals surface area (Å²) >= 11 is 3.11. The maximum atomic E-state index is 12.3. The lowest BCUT2D eigenvalue weighted by molar-refractivity contribution is 0.147. The second-order valence-corrected chi connectivity index (χ2v) is 2.99. The fourth-order valence-corrected chi connectivity index (χ4v) is 1.55. The molecule has 0 bridgehead atoms. The summed E-state index contributed by atoms with van der Waals surface area (Å²) in [6, 6.07) is 0. The van der Waals surface area contributed by atoms with Crippen molar-refractivity contribution in [3.63, 3.8) is 0 Å². The average molecular weight is 252 g/mol. The monoisotopic (exact) mass is 251 g/mol. The molecule has 1 rings (SSSR count). The summed E-state index contributed by atoms with van der Waals surface area (Å²) < 4.78 is 24.6. The van der Waals surface area contributed by atoms with Crippen molar-refractivity contribution in [3.05, 3.63) is 17.5 Å². The number of nitrogens with zero attached hydrogens (tertiary/aromatic N) is 1. The van der Waals surface area contributed by atoms with Gasteiger partial charge in [-0.25, -0.2) is 8.78 Å². The van der Waals surface area contributed by atoms with E-state index in [2.05, 4.69) is 20.9 Å². The van der Waals surface area contributed by atoms with E-state index in [9.17, 15) is 8.78 Å². The molecular formula is C7H8BrF2N3. The van der Waals surface area contributed by atoms with Gasteiger partial charge < -0.3 is 11.5 Å². The molecular weight excluding hydrogens is 244 g/mol. The summed E-state index contributed by atoms with van der Waals surface area (Å²) in [4.78, 5) is 3.47. The molecule has 0 aliphatic heterocycles. The van der Waals surface area contributed by atoms with Gasteiger partial charge in [0.15, 0.2) is 0 Å². The summed E-state index contributed by atoms with van der Waals surface area (Å²) in [5, 5.41) is 0.340. The van der Waals surface area contributed by atoms with Crippen LogP contribution in [0.3, 0.4) is 0 Å². The molecule has 1 aromatic heterocycles. The first-order valence-corrected chi connectivity index (χ1v) is 4.57. The van der Waals surface area contributed by atoms with E-state index in [-0.39, 0.29) is 5.69 Å². The van der Waals surface area contributed by atoms with Crippen LogP contribution in [0.25, 0.3) is 0 Å². The molecule has 0 aliphatic carbocycles. The first-order valence-electron chi connectivity index (χ1n) is 3.44. The Kier molecular flexibility index (Phi) is 3.02. The van der Waals surface area contributed by atoms with Crippen molar-refractivity contribution in [2.45, 2.75) is 11.8 Å². The molecule has 0 aromatic carbocycles. The number of hydrogen-bond donors (Lipinski definition) is 2. The molecule has 0 aliphatic rings. The third-order valence-electron chi connectivity index (χ3n) is 1.63. The van der Waals surface area contributed by atoms with Crippen LogP contribution >= 0.6 is 15.9 Å². The van der Waals surface area contributed by atoms with Crippen LogP contribution < -0.4 is 11.5 Å². The third-order valence-corrected chi connectivity index (χ3v) is 2.19. The summed E-state index contributed by atoms with van der Waals surface area (Å²) in [7, 11) is 0. The van der Waals surface area contributed by atoms with Crippen LogP contribution in [-0.4, -0.2) is 4.98 Å². The summed E-state index contributed by atoms with van der Waals surface area (Å²) in [6.07, 6.45) is -1.48. The van der Waals surface area contributed by atoms with E-state index in [1.807, 2.05) is 0 Å². The van der Waals surface area contributed by atoms with Gasteiger partial charge in [-0.15, -0.1) is 0 Å². The standard InChI is InChI=1S/C7H8BrF2N3/c8-1-3-4(11)2-13-6(5(3)12)7(9)10/h2,7H,1,11-12H2. The van der Waals surface area contributed by atoms with Crippen LogP contribution in [0.4, 0.5) is 20.2 Å². The zero-order valence-electron chi connectivity index (χ0n) is 6.60. The smallest absolute Gasteiger partial charge is 0.282 e. The van der Waals surface area contributed by atoms with Crippen LogP contribution in [0, 0.1) is 0 Å². The molecule has 1 aromatic rings. The van der Waals surface area contributed by atoms with Crippen molar-refractivity contribution in [2.75, 3.05) is 11.5 Å². The normalized spacial score (nSPS) is 10.8. The van der Waals surface area contributed by atoms with Crippen molar-refractivity contribution in [1.82, 2.24) is 4.98 Å². The predicted octanol–water partition coefficient (Wildman–Crippen LogP) is 2.08. The number of alkyl halides is 3. The van der Waals surface area contributed by atoms with Gasteiger partial charge >= 0.3 is 0 Å². The lowest BCUT2D eigenvalue weighted by atomic mass is 10.2. The molecule has 0 saturated carbocycles. The number of anilines is 2. The molecule has 0 atom stereocenters. The molecule has 0 spiro atoms. The van der Waals surface area contributed by atoms with Gasteiger partial charge in [0.2, 0.25) is 0 Å². The van der Waals surface area contributed by atoms with Gasteiger partial charge in [0.05, 0.1) is 17.6 Å². The van der Waals surface area contributed by atoms with E-state index in [1.165, 1.54) is 6.20 Å². The number of rotatable bonds is 2. The van der Waals surface area contributed by atoms with Gasteiger partial charge in [0.25, 0.3) is 6.43 Å². The number of aromatic nitrogens is 1. The van der Waals surface area contributed by atoms with Gasteiger partial charge in [-0.1, -0.05) is 15.9 Å². The summed E-state index contributed by atoms with van der Waals surface area (Å²) in [5.74, 6) is 0. The minimum atomic E-state index is -2.67. The molecule has 0 saturated heterocycles. The predicted molar refractivity (Wildman–Crippen MR) is 50.6 cm³/mol. The van der Waals surface area contributed by atoms with Crippen LogP contribution in [0.5, 0.6) is 0 Å². The van der Waals surface area contributed by atoms with Crippen LogP contribution in [0.15, 0.2) is 6.20 Å². The van der Waals surface area contributed by atoms with Gasteiger partial charge in [0, 0.05) is 10.9 Å². The number of halogens is 3. The number of nitrogen functional groups attached to an aromatic ring is 2. The second kappa shape index (κ2) is 3.87. The van der Waals surface area contributed by atoms with Gasteiger partial charge in [-0.3, -0.25) is 4.98 Å². The minimum absolute atomic E-state index is 0.0353. The Labute approximate surface area is 82.3 Å². The second-order valence-electron chi connectivity index (χ2n) is 2.43. The fourth-order valence-electron chi connectivity index (χ4n) is 0.920. The molecule has 3 nitrogen and oxygen atoms in total. The van der Waals surface area contributed by atoms with Crippen LogP contribution in [0.1, 0.15) is 17.7 Å².